The molecule has 2 aliphatic rings. The molecule has 2 aromatic carbocycles. The van der Waals surface area contributed by atoms with Crippen LogP contribution in [0.4, 0.5) is 14.5 Å². The van der Waals surface area contributed by atoms with E-state index in [0.717, 1.165) is 25.7 Å². The van der Waals surface area contributed by atoms with E-state index in [4.69, 9.17) is 9.47 Å². The second-order valence-corrected chi connectivity index (χ2v) is 9.16. The number of rotatable bonds is 10. The number of carbonyl (C=O) groups is 2. The number of nitrogens with one attached hydrogen (secondary N) is 1. The first-order valence-corrected chi connectivity index (χ1v) is 12.2. The molecule has 0 aliphatic heterocycles. The van der Waals surface area contributed by atoms with Crippen LogP contribution in [0.2, 0.25) is 0 Å². The van der Waals surface area contributed by atoms with Crippen LogP contribution in [0.15, 0.2) is 36.4 Å². The topological polar surface area (TPSA) is 84.9 Å². The third-order valence-corrected chi connectivity index (χ3v) is 6.67. The fourth-order valence-electron chi connectivity index (χ4n) is 4.76. The summed E-state index contributed by atoms with van der Waals surface area (Å²) in [6.07, 6.45) is 1.98. The highest BCUT2D eigenvalue weighted by molar-refractivity contribution is 5.95. The molecule has 0 spiro atoms. The minimum Gasteiger partial charge on any atom is -0.493 e. The van der Waals surface area contributed by atoms with E-state index in [0.29, 0.717) is 35.2 Å². The third kappa shape index (κ3) is 5.99. The van der Waals surface area contributed by atoms with Crippen molar-refractivity contribution in [3.05, 3.63) is 47.5 Å². The lowest BCUT2D eigenvalue weighted by Gasteiger charge is -2.27. The Balaban J connectivity index is 1.65. The highest BCUT2D eigenvalue weighted by Gasteiger charge is 2.36. The van der Waals surface area contributed by atoms with E-state index >= 15 is 0 Å². The molecule has 2 N–H and O–H groups in total. The standard InChI is InChI=1S/C27H31F2NO5/c1-2-34-23-9-5-8-20(24(23)25(28)29)19-13-10-17(14-16(19)15-35-18-11-12-18)30-26(31)21-6-3-4-7-22(21)27(32)33/h5,8-10,13-14,18,21-22,25H,2-4,6-7,11-12,15H2,1H3,(H,30,31)(H,32,33)/t21?,22-/m0/s1. The first-order chi connectivity index (χ1) is 16.9. The number of ether oxygens (including phenoxy) is 2. The number of aliphatic carboxylic acids is 1. The monoisotopic (exact) mass is 487 g/mol. The second kappa shape index (κ2) is 11.2. The number of hydrogen-bond acceptors (Lipinski definition) is 4. The van der Waals surface area contributed by atoms with Gasteiger partial charge in [0.15, 0.2) is 0 Å². The molecule has 1 amide bonds. The number of amides is 1. The predicted molar refractivity (Wildman–Crippen MR) is 128 cm³/mol. The Bertz CT molecular complexity index is 1070. The quantitative estimate of drug-likeness (QED) is 0.417. The van der Waals surface area contributed by atoms with Crippen LogP contribution in [0.5, 0.6) is 5.75 Å². The summed E-state index contributed by atoms with van der Waals surface area (Å²) in [5.74, 6) is -2.43. The van der Waals surface area contributed by atoms with Crippen molar-refractivity contribution in [2.24, 2.45) is 11.8 Å². The van der Waals surface area contributed by atoms with E-state index in [-0.39, 0.29) is 36.5 Å². The largest absolute Gasteiger partial charge is 0.493 e. The van der Waals surface area contributed by atoms with Gasteiger partial charge in [0.1, 0.15) is 5.75 Å². The van der Waals surface area contributed by atoms with Gasteiger partial charge in [-0.3, -0.25) is 9.59 Å². The molecule has 0 heterocycles. The molecule has 4 rings (SSSR count). The van der Waals surface area contributed by atoms with E-state index in [1.165, 1.54) is 6.07 Å². The van der Waals surface area contributed by atoms with Gasteiger partial charge in [-0.15, -0.1) is 0 Å². The van der Waals surface area contributed by atoms with E-state index in [1.54, 1.807) is 37.3 Å². The number of anilines is 1. The first-order valence-electron chi connectivity index (χ1n) is 12.2. The van der Waals surface area contributed by atoms with Crippen LogP contribution < -0.4 is 10.1 Å². The van der Waals surface area contributed by atoms with Gasteiger partial charge in [-0.1, -0.05) is 31.0 Å². The zero-order valence-electron chi connectivity index (χ0n) is 19.8. The van der Waals surface area contributed by atoms with Crippen LogP contribution in [0.1, 0.15) is 63.0 Å². The summed E-state index contributed by atoms with van der Waals surface area (Å²) in [4.78, 5) is 24.6. The predicted octanol–water partition coefficient (Wildman–Crippen LogP) is 6.20. The van der Waals surface area contributed by atoms with Crippen LogP contribution in [-0.4, -0.2) is 29.7 Å². The second-order valence-electron chi connectivity index (χ2n) is 9.16. The van der Waals surface area contributed by atoms with E-state index in [9.17, 15) is 23.5 Å². The molecule has 0 bridgehead atoms. The molecule has 35 heavy (non-hydrogen) atoms. The molecule has 2 aromatic rings. The summed E-state index contributed by atoms with van der Waals surface area (Å²) >= 11 is 0. The van der Waals surface area contributed by atoms with Crippen molar-refractivity contribution in [1.82, 2.24) is 0 Å². The van der Waals surface area contributed by atoms with Gasteiger partial charge in [0.05, 0.1) is 36.7 Å². The van der Waals surface area contributed by atoms with Crippen molar-refractivity contribution < 1.29 is 33.0 Å². The number of halogens is 2. The van der Waals surface area contributed by atoms with E-state index in [2.05, 4.69) is 5.32 Å². The minimum atomic E-state index is -2.73. The Morgan fingerprint density at radius 1 is 1.06 bits per heavy atom. The van der Waals surface area contributed by atoms with Gasteiger partial charge >= 0.3 is 5.97 Å². The Labute approximate surface area is 203 Å². The number of benzene rings is 2. The van der Waals surface area contributed by atoms with Crippen LogP contribution in [-0.2, 0) is 20.9 Å². The summed E-state index contributed by atoms with van der Waals surface area (Å²) in [6, 6.07) is 9.95. The summed E-state index contributed by atoms with van der Waals surface area (Å²) in [6.45, 7) is 2.23. The molecular formula is C27H31F2NO5. The number of carbonyl (C=O) groups excluding carboxylic acids is 1. The SMILES string of the molecule is CCOc1cccc(-c2ccc(NC(=O)C3CCCC[C@@H]3C(=O)O)cc2COC2CC2)c1C(F)F. The highest BCUT2D eigenvalue weighted by Crippen LogP contribution is 2.40. The zero-order valence-corrected chi connectivity index (χ0v) is 19.8. The average Bonchev–Trinajstić information content (AvgIpc) is 3.67. The molecule has 188 valence electrons. The maximum atomic E-state index is 14.1. The van der Waals surface area contributed by atoms with Gasteiger partial charge in [-0.25, -0.2) is 8.78 Å². The summed E-state index contributed by atoms with van der Waals surface area (Å²) in [5.41, 5.74) is 1.93. The summed E-state index contributed by atoms with van der Waals surface area (Å²) in [5, 5.41) is 12.4. The fourth-order valence-corrected chi connectivity index (χ4v) is 4.76. The minimum absolute atomic E-state index is 0.142. The van der Waals surface area contributed by atoms with Crippen molar-refractivity contribution in [1.29, 1.82) is 0 Å². The molecule has 2 saturated carbocycles. The normalized spacial score (nSPS) is 20.0. The summed E-state index contributed by atoms with van der Waals surface area (Å²) < 4.78 is 39.6. The van der Waals surface area contributed by atoms with Gasteiger partial charge in [-0.2, -0.15) is 0 Å². The molecule has 1 unspecified atom stereocenters. The average molecular weight is 488 g/mol. The van der Waals surface area contributed by atoms with Crippen molar-refractivity contribution >= 4 is 17.6 Å². The fraction of sp³-hybridized carbons (Fsp3) is 0.481. The van der Waals surface area contributed by atoms with Gasteiger partial charge in [0.25, 0.3) is 6.43 Å². The molecule has 0 aromatic heterocycles. The van der Waals surface area contributed by atoms with Gasteiger partial charge in [-0.05, 0) is 67.5 Å². The third-order valence-electron chi connectivity index (χ3n) is 6.67. The zero-order chi connectivity index (χ0) is 24.9. The van der Waals surface area contributed by atoms with Crippen LogP contribution in [0.3, 0.4) is 0 Å². The highest BCUT2D eigenvalue weighted by atomic mass is 19.3. The molecule has 6 nitrogen and oxygen atoms in total. The molecule has 2 aliphatic carbocycles. The summed E-state index contributed by atoms with van der Waals surface area (Å²) in [7, 11) is 0. The Morgan fingerprint density at radius 3 is 2.46 bits per heavy atom. The number of alkyl halides is 2. The van der Waals surface area contributed by atoms with Crippen LogP contribution >= 0.6 is 0 Å². The maximum Gasteiger partial charge on any atom is 0.307 e. The Morgan fingerprint density at radius 2 is 1.80 bits per heavy atom. The Kier molecular flexibility index (Phi) is 8.00. The van der Waals surface area contributed by atoms with Gasteiger partial charge in [0.2, 0.25) is 5.91 Å². The number of carboxylic acids is 1. The first kappa shape index (κ1) is 25.1. The molecule has 8 heteroatoms. The molecule has 0 saturated heterocycles. The van der Waals surface area contributed by atoms with Crippen molar-refractivity contribution in [3.8, 4) is 16.9 Å². The molecule has 2 atom stereocenters. The van der Waals surface area contributed by atoms with Crippen LogP contribution in [0.25, 0.3) is 11.1 Å². The lowest BCUT2D eigenvalue weighted by molar-refractivity contribution is -0.147. The maximum absolute atomic E-state index is 14.1. The van der Waals surface area contributed by atoms with Crippen molar-refractivity contribution in [2.45, 2.75) is 64.6 Å². The number of carboxylic acid groups (broad SMARTS) is 1. The van der Waals surface area contributed by atoms with Gasteiger partial charge < -0.3 is 19.9 Å². The van der Waals surface area contributed by atoms with Crippen molar-refractivity contribution in [3.63, 3.8) is 0 Å². The van der Waals surface area contributed by atoms with Gasteiger partial charge in [0, 0.05) is 5.69 Å². The lowest BCUT2D eigenvalue weighted by Crippen LogP contribution is -2.36. The molecular weight excluding hydrogens is 456 g/mol. The van der Waals surface area contributed by atoms with E-state index < -0.39 is 24.2 Å². The smallest absolute Gasteiger partial charge is 0.307 e. The molecule has 2 fully saturated rings. The van der Waals surface area contributed by atoms with E-state index in [1.807, 2.05) is 0 Å². The van der Waals surface area contributed by atoms with Crippen molar-refractivity contribution in [2.75, 3.05) is 11.9 Å². The van der Waals surface area contributed by atoms with Crippen LogP contribution in [0, 0.1) is 11.8 Å². The Hall–Kier alpha value is -3.00. The lowest BCUT2D eigenvalue weighted by atomic mass is 9.78. The molecule has 0 radical (unpaired) electrons. The number of hydrogen-bond donors (Lipinski definition) is 2.